The molecule has 3 heterocycles. The van der Waals surface area contributed by atoms with Crippen molar-refractivity contribution in [2.24, 2.45) is 0 Å². The average Bonchev–Trinajstić information content (AvgIpc) is 3.90. The average molecular weight is 1030 g/mol. The molecule has 0 aliphatic heterocycles. The maximum absolute atomic E-state index is 13.2. The van der Waals surface area contributed by atoms with Crippen LogP contribution in [0, 0.1) is 46.4 Å². The van der Waals surface area contributed by atoms with Crippen LogP contribution in [0.4, 0.5) is 8.78 Å². The van der Waals surface area contributed by atoms with Gasteiger partial charge in [0.15, 0.2) is 0 Å². The third-order valence-electron chi connectivity index (χ3n) is 11.3. The third-order valence-corrected chi connectivity index (χ3v) is 11.3. The largest absolute Gasteiger partial charge is 0.501 e. The third kappa shape index (κ3) is 8.61. The molecular weight excluding hydrogens is 989 g/mol. The second-order valence-corrected chi connectivity index (χ2v) is 16.1. The quantitative estimate of drug-likeness (QED) is 0.148. The van der Waals surface area contributed by atoms with E-state index in [4.69, 9.17) is 9.40 Å². The van der Waals surface area contributed by atoms with Gasteiger partial charge in [0.1, 0.15) is 5.58 Å². The number of rotatable bonds is 7. The van der Waals surface area contributed by atoms with Crippen LogP contribution in [0.1, 0.15) is 61.8 Å². The van der Waals surface area contributed by atoms with Gasteiger partial charge in [0.25, 0.3) is 0 Å². The zero-order valence-corrected chi connectivity index (χ0v) is 38.2. The summed E-state index contributed by atoms with van der Waals surface area (Å²) < 4.78 is 34.8. The zero-order valence-electron chi connectivity index (χ0n) is 35.8. The van der Waals surface area contributed by atoms with E-state index in [0.717, 1.165) is 62.1 Å². The molecule has 3 aromatic heterocycles. The molecule has 0 saturated carbocycles. The zero-order chi connectivity index (χ0) is 44.5. The van der Waals surface area contributed by atoms with Crippen LogP contribution in [0.25, 0.3) is 83.6 Å². The molecule has 0 amide bonds. The van der Waals surface area contributed by atoms with E-state index in [1.165, 1.54) is 22.3 Å². The van der Waals surface area contributed by atoms with Gasteiger partial charge < -0.3 is 14.0 Å². The van der Waals surface area contributed by atoms with Crippen molar-refractivity contribution in [2.75, 3.05) is 0 Å². The minimum absolute atomic E-state index is 0. The summed E-state index contributed by atoms with van der Waals surface area (Å²) in [6.07, 6.45) is 1.55. The number of para-hydroxylation sites is 2. The van der Waals surface area contributed by atoms with E-state index >= 15 is 0 Å². The van der Waals surface area contributed by atoms with E-state index < -0.39 is 11.6 Å². The Balaban J connectivity index is 0.000000328. The number of halogens is 2. The molecule has 65 heavy (non-hydrogen) atoms. The number of fused-ring (bicyclic) bond motifs is 4. The number of hydrogen-bond donors (Lipinski definition) is 0. The van der Waals surface area contributed by atoms with Gasteiger partial charge in [0, 0.05) is 49.0 Å². The van der Waals surface area contributed by atoms with Crippen LogP contribution in [-0.4, -0.2) is 14.5 Å². The van der Waals surface area contributed by atoms with E-state index in [1.807, 2.05) is 36.4 Å². The standard InChI is InChI=1S/C45H33N4O.C11H6F2N.Ir/c1-27(2)38-22-34(31-11-6-5-7-12-31)23-39(28(3)4)43(38)49-41-16-9-8-15-40(41)48-45(49)37-14-10-13-36-35-18-17-32(24-42(35)50-44(36)37)33-20-29(25-46)19-30(21-33)26-47;12-8-4-5-9(10(13)7-8)11-3-1-2-6-14-11;/h5-13,15-24,27-28H,1-4H3;1-4,6-7H;/q2*-1;. The molecule has 7 aromatic carbocycles. The molecule has 0 aliphatic rings. The van der Waals surface area contributed by atoms with Gasteiger partial charge in [-0.15, -0.1) is 30.3 Å². The predicted molar refractivity (Wildman–Crippen MR) is 250 cm³/mol. The molecule has 0 atom stereocenters. The Hall–Kier alpha value is -7.55. The van der Waals surface area contributed by atoms with Crippen LogP contribution in [0.15, 0.2) is 156 Å². The van der Waals surface area contributed by atoms with Gasteiger partial charge >= 0.3 is 0 Å². The monoisotopic (exact) mass is 1030 g/mol. The molecule has 319 valence electrons. The van der Waals surface area contributed by atoms with Gasteiger partial charge in [0.05, 0.1) is 45.7 Å². The maximum Gasteiger partial charge on any atom is 0.121 e. The summed E-state index contributed by atoms with van der Waals surface area (Å²) in [5.74, 6) is -0.0325. The predicted octanol–water partition coefficient (Wildman–Crippen LogP) is 14.5. The topological polar surface area (TPSA) is 91.4 Å². The van der Waals surface area contributed by atoms with Crippen molar-refractivity contribution < 1.29 is 33.3 Å². The van der Waals surface area contributed by atoms with Gasteiger partial charge in [-0.1, -0.05) is 117 Å². The van der Waals surface area contributed by atoms with Gasteiger partial charge in [0.2, 0.25) is 0 Å². The molecule has 6 nitrogen and oxygen atoms in total. The summed E-state index contributed by atoms with van der Waals surface area (Å²) >= 11 is 0. The molecule has 1 radical (unpaired) electrons. The van der Waals surface area contributed by atoms with Crippen molar-refractivity contribution in [3.05, 3.63) is 198 Å². The maximum atomic E-state index is 13.2. The van der Waals surface area contributed by atoms with Crippen LogP contribution in [-0.2, 0) is 20.1 Å². The van der Waals surface area contributed by atoms with Gasteiger partial charge in [-0.25, -0.2) is 0 Å². The number of aromatic nitrogens is 3. The molecule has 9 heteroatoms. The molecule has 0 saturated heterocycles. The summed E-state index contributed by atoms with van der Waals surface area (Å²) in [5, 5.41) is 21.1. The smallest absolute Gasteiger partial charge is 0.121 e. The number of furan rings is 1. The number of pyridine rings is 1. The molecule has 10 aromatic rings. The SMILES string of the molecule is CC(C)c1cc(-c2ccccc2)cc(C(C)C)c1-n1c(-c2[c-]ccc3c2oc2cc(-c4cc(C#N)cc(C#N)c4)ccc23)nc2ccccc21.Fc1c[c-]c(-c2ccccn2)c(F)c1.[Ir]. The Labute approximate surface area is 389 Å². The first-order chi connectivity index (χ1) is 31.1. The molecule has 0 aliphatic carbocycles. The molecule has 0 N–H and O–H groups in total. The summed E-state index contributed by atoms with van der Waals surface area (Å²) in [7, 11) is 0. The normalized spacial score (nSPS) is 11.0. The minimum atomic E-state index is -0.649. The van der Waals surface area contributed by atoms with Crippen molar-refractivity contribution in [1.82, 2.24) is 14.5 Å². The van der Waals surface area contributed by atoms with E-state index in [-0.39, 0.29) is 37.5 Å². The number of hydrogen-bond acceptors (Lipinski definition) is 5. The van der Waals surface area contributed by atoms with Crippen molar-refractivity contribution >= 4 is 33.0 Å². The fraction of sp³-hybridized carbons (Fsp3) is 0.107. The molecule has 10 rings (SSSR count). The second-order valence-electron chi connectivity index (χ2n) is 16.1. The fourth-order valence-corrected chi connectivity index (χ4v) is 8.20. The number of nitrogens with zero attached hydrogens (tertiary/aromatic N) is 5. The summed E-state index contributed by atoms with van der Waals surface area (Å²) in [6.45, 7) is 9.02. The Morgan fingerprint density at radius 1 is 0.646 bits per heavy atom. The first kappa shape index (κ1) is 44.1. The van der Waals surface area contributed by atoms with Gasteiger partial charge in [-0.05, 0) is 106 Å². The van der Waals surface area contributed by atoms with Crippen molar-refractivity contribution in [3.8, 4) is 62.7 Å². The van der Waals surface area contributed by atoms with Crippen LogP contribution in [0.3, 0.4) is 0 Å². The van der Waals surface area contributed by atoms with E-state index in [0.29, 0.717) is 28.0 Å². The first-order valence-electron chi connectivity index (χ1n) is 20.9. The Morgan fingerprint density at radius 3 is 1.98 bits per heavy atom. The number of benzene rings is 7. The minimum Gasteiger partial charge on any atom is -0.501 e. The van der Waals surface area contributed by atoms with Crippen LogP contribution in [0.5, 0.6) is 0 Å². The van der Waals surface area contributed by atoms with E-state index in [2.05, 4.69) is 122 Å². The number of imidazole rings is 1. The Kier molecular flexibility index (Phi) is 12.7. The first-order valence-corrected chi connectivity index (χ1v) is 20.9. The molecule has 0 bridgehead atoms. The summed E-state index contributed by atoms with van der Waals surface area (Å²) in [4.78, 5) is 9.22. The van der Waals surface area contributed by atoms with Gasteiger partial charge in [-0.2, -0.15) is 10.5 Å². The molecule has 0 spiro atoms. The van der Waals surface area contributed by atoms with E-state index in [9.17, 15) is 19.3 Å². The van der Waals surface area contributed by atoms with E-state index in [1.54, 1.807) is 42.6 Å². The van der Waals surface area contributed by atoms with Crippen molar-refractivity contribution in [1.29, 1.82) is 10.5 Å². The summed E-state index contributed by atoms with van der Waals surface area (Å²) in [6, 6.07) is 56.2. The Morgan fingerprint density at radius 2 is 1.32 bits per heavy atom. The van der Waals surface area contributed by atoms with Gasteiger partial charge in [-0.3, -0.25) is 13.8 Å². The van der Waals surface area contributed by atoms with Crippen molar-refractivity contribution in [2.45, 2.75) is 39.5 Å². The number of nitriles is 2. The fourth-order valence-electron chi connectivity index (χ4n) is 8.20. The van der Waals surface area contributed by atoms with Crippen LogP contribution >= 0.6 is 0 Å². The second kappa shape index (κ2) is 18.7. The van der Waals surface area contributed by atoms with Crippen LogP contribution in [0.2, 0.25) is 0 Å². The Bertz CT molecular complexity index is 3390. The molecule has 0 unspecified atom stereocenters. The summed E-state index contributed by atoms with van der Waals surface area (Å²) in [5.41, 5.74) is 13.3. The molecule has 0 fully saturated rings. The van der Waals surface area contributed by atoms with Crippen LogP contribution < -0.4 is 0 Å². The molecular formula is C56H39F2IrN5O-2. The van der Waals surface area contributed by atoms with Crippen molar-refractivity contribution in [3.63, 3.8) is 0 Å².